The van der Waals surface area contributed by atoms with Gasteiger partial charge in [-0.2, -0.15) is 0 Å². The highest BCUT2D eigenvalue weighted by molar-refractivity contribution is 5.76. The van der Waals surface area contributed by atoms with Gasteiger partial charge in [0.25, 0.3) is 0 Å². The second-order valence-electron chi connectivity index (χ2n) is 6.77. The van der Waals surface area contributed by atoms with Gasteiger partial charge in [-0.3, -0.25) is 0 Å². The van der Waals surface area contributed by atoms with Crippen LogP contribution in [0.3, 0.4) is 0 Å². The average molecular weight is 287 g/mol. The molecule has 4 nitrogen and oxygen atoms in total. The molecule has 4 heteroatoms. The first-order valence-corrected chi connectivity index (χ1v) is 7.81. The van der Waals surface area contributed by atoms with Crippen LogP contribution in [0.1, 0.15) is 39.4 Å². The van der Waals surface area contributed by atoms with Crippen LogP contribution in [0, 0.1) is 0 Å². The molecule has 0 amide bonds. The van der Waals surface area contributed by atoms with Gasteiger partial charge in [0.05, 0.1) is 30.2 Å². The maximum Gasteiger partial charge on any atom is 0.117 e. The molecular formula is C17H25N3O. The van der Waals surface area contributed by atoms with E-state index in [0.717, 1.165) is 31.1 Å². The standard InChI is InChI=1S/C17H25N3O/c1-5-18-14-11-21-10-12(14)16-19-13-8-6-7-9-15(13)20(16)17(2,3)4/h6-9,12,14,18H,5,10-11H2,1-4H3. The maximum atomic E-state index is 5.72. The summed E-state index contributed by atoms with van der Waals surface area (Å²) in [5.74, 6) is 1.46. The number of likely N-dealkylation sites (N-methyl/N-ethyl adjacent to an activating group) is 1. The number of hydrogen-bond acceptors (Lipinski definition) is 3. The molecule has 1 saturated heterocycles. The molecule has 0 radical (unpaired) electrons. The lowest BCUT2D eigenvalue weighted by Crippen LogP contribution is -2.37. The number of para-hydroxylation sites is 2. The van der Waals surface area contributed by atoms with E-state index < -0.39 is 0 Å². The first kappa shape index (κ1) is 14.5. The van der Waals surface area contributed by atoms with E-state index in [4.69, 9.17) is 9.72 Å². The third-order valence-corrected chi connectivity index (χ3v) is 4.14. The lowest BCUT2D eigenvalue weighted by molar-refractivity contribution is 0.186. The highest BCUT2D eigenvalue weighted by Gasteiger charge is 2.35. The summed E-state index contributed by atoms with van der Waals surface area (Å²) < 4.78 is 8.11. The Hall–Kier alpha value is -1.39. The third-order valence-electron chi connectivity index (χ3n) is 4.14. The molecule has 114 valence electrons. The Balaban J connectivity index is 2.13. The van der Waals surface area contributed by atoms with Gasteiger partial charge in [-0.25, -0.2) is 4.98 Å². The van der Waals surface area contributed by atoms with Crippen LogP contribution in [0.4, 0.5) is 0 Å². The van der Waals surface area contributed by atoms with Crippen LogP contribution in [-0.2, 0) is 10.3 Å². The largest absolute Gasteiger partial charge is 0.379 e. The van der Waals surface area contributed by atoms with E-state index in [0.29, 0.717) is 12.0 Å². The Bertz CT molecular complexity index is 626. The monoisotopic (exact) mass is 287 g/mol. The lowest BCUT2D eigenvalue weighted by Gasteiger charge is -2.28. The summed E-state index contributed by atoms with van der Waals surface area (Å²) in [4.78, 5) is 4.94. The fourth-order valence-electron chi connectivity index (χ4n) is 3.27. The van der Waals surface area contributed by atoms with E-state index in [9.17, 15) is 0 Å². The van der Waals surface area contributed by atoms with Crippen LogP contribution >= 0.6 is 0 Å². The zero-order valence-electron chi connectivity index (χ0n) is 13.4. The first-order chi connectivity index (χ1) is 10.0. The Morgan fingerprint density at radius 2 is 2.05 bits per heavy atom. The number of hydrogen-bond donors (Lipinski definition) is 1. The van der Waals surface area contributed by atoms with Gasteiger partial charge in [-0.15, -0.1) is 0 Å². The van der Waals surface area contributed by atoms with Crippen LogP contribution < -0.4 is 5.32 Å². The van der Waals surface area contributed by atoms with Crippen molar-refractivity contribution in [3.63, 3.8) is 0 Å². The van der Waals surface area contributed by atoms with Gasteiger partial charge in [0, 0.05) is 11.6 Å². The molecule has 0 saturated carbocycles. The highest BCUT2D eigenvalue weighted by atomic mass is 16.5. The van der Waals surface area contributed by atoms with Crippen molar-refractivity contribution < 1.29 is 4.74 Å². The summed E-state index contributed by atoms with van der Waals surface area (Å²) in [5.41, 5.74) is 2.29. The van der Waals surface area contributed by atoms with E-state index in [1.807, 2.05) is 0 Å². The predicted octanol–water partition coefficient (Wildman–Crippen LogP) is 2.88. The normalized spacial score (nSPS) is 23.0. The van der Waals surface area contributed by atoms with Gasteiger partial charge in [0.1, 0.15) is 5.82 Å². The minimum absolute atomic E-state index is 0.00475. The fourth-order valence-corrected chi connectivity index (χ4v) is 3.27. The number of rotatable bonds is 3. The summed E-state index contributed by atoms with van der Waals surface area (Å²) in [6.07, 6.45) is 0. The molecule has 3 rings (SSSR count). The van der Waals surface area contributed by atoms with Gasteiger partial charge < -0.3 is 14.6 Å². The molecule has 0 aliphatic carbocycles. The zero-order chi connectivity index (χ0) is 15.0. The van der Waals surface area contributed by atoms with E-state index in [2.05, 4.69) is 61.8 Å². The summed E-state index contributed by atoms with van der Waals surface area (Å²) in [7, 11) is 0. The van der Waals surface area contributed by atoms with Crippen LogP contribution in [0.5, 0.6) is 0 Å². The van der Waals surface area contributed by atoms with Crippen molar-refractivity contribution in [2.45, 2.75) is 45.2 Å². The van der Waals surface area contributed by atoms with Gasteiger partial charge in [-0.05, 0) is 39.4 Å². The minimum Gasteiger partial charge on any atom is -0.379 e. The fraction of sp³-hybridized carbons (Fsp3) is 0.588. The molecular weight excluding hydrogens is 262 g/mol. The minimum atomic E-state index is 0.00475. The molecule has 1 aliphatic heterocycles. The molecule has 1 N–H and O–H groups in total. The van der Waals surface area contributed by atoms with Gasteiger partial charge in [0.15, 0.2) is 0 Å². The smallest absolute Gasteiger partial charge is 0.117 e. The summed E-state index contributed by atoms with van der Waals surface area (Å²) >= 11 is 0. The number of benzene rings is 1. The molecule has 1 aromatic carbocycles. The number of ether oxygens (including phenoxy) is 1. The van der Waals surface area contributed by atoms with E-state index >= 15 is 0 Å². The molecule has 2 atom stereocenters. The number of nitrogens with one attached hydrogen (secondary N) is 1. The van der Waals surface area contributed by atoms with Crippen molar-refractivity contribution in [2.75, 3.05) is 19.8 Å². The molecule has 21 heavy (non-hydrogen) atoms. The number of nitrogens with zero attached hydrogens (tertiary/aromatic N) is 2. The Labute approximate surface area is 126 Å². The van der Waals surface area contributed by atoms with Crippen LogP contribution in [0.25, 0.3) is 11.0 Å². The zero-order valence-corrected chi connectivity index (χ0v) is 13.4. The van der Waals surface area contributed by atoms with E-state index in [1.54, 1.807) is 0 Å². The molecule has 0 spiro atoms. The topological polar surface area (TPSA) is 39.1 Å². The summed E-state index contributed by atoms with van der Waals surface area (Å²) in [6, 6.07) is 8.75. The van der Waals surface area contributed by atoms with Crippen molar-refractivity contribution in [3.8, 4) is 0 Å². The maximum absolute atomic E-state index is 5.72. The van der Waals surface area contributed by atoms with E-state index in [-0.39, 0.29) is 5.54 Å². The van der Waals surface area contributed by atoms with Crippen molar-refractivity contribution in [2.24, 2.45) is 0 Å². The van der Waals surface area contributed by atoms with Crippen LogP contribution in [0.2, 0.25) is 0 Å². The van der Waals surface area contributed by atoms with Gasteiger partial charge in [-0.1, -0.05) is 19.1 Å². The summed E-state index contributed by atoms with van der Waals surface area (Å²) in [6.45, 7) is 11.3. The van der Waals surface area contributed by atoms with Crippen molar-refractivity contribution in [3.05, 3.63) is 30.1 Å². The summed E-state index contributed by atoms with van der Waals surface area (Å²) in [5, 5.41) is 3.54. The predicted molar refractivity (Wildman–Crippen MR) is 85.8 cm³/mol. The quantitative estimate of drug-likeness (QED) is 0.943. The molecule has 1 aliphatic rings. The Kier molecular flexibility index (Phi) is 3.76. The van der Waals surface area contributed by atoms with Gasteiger partial charge in [0.2, 0.25) is 0 Å². The molecule has 1 aromatic heterocycles. The van der Waals surface area contributed by atoms with E-state index in [1.165, 1.54) is 5.52 Å². The number of aromatic nitrogens is 2. The Morgan fingerprint density at radius 1 is 1.29 bits per heavy atom. The van der Waals surface area contributed by atoms with Gasteiger partial charge >= 0.3 is 0 Å². The number of imidazole rings is 1. The van der Waals surface area contributed by atoms with Crippen LogP contribution in [0.15, 0.2) is 24.3 Å². The molecule has 2 unspecified atom stereocenters. The van der Waals surface area contributed by atoms with Crippen molar-refractivity contribution in [1.29, 1.82) is 0 Å². The lowest BCUT2D eigenvalue weighted by atomic mass is 10.00. The molecule has 1 fully saturated rings. The third kappa shape index (κ3) is 2.58. The van der Waals surface area contributed by atoms with Crippen molar-refractivity contribution in [1.82, 2.24) is 14.9 Å². The Morgan fingerprint density at radius 3 is 2.76 bits per heavy atom. The second-order valence-corrected chi connectivity index (χ2v) is 6.77. The first-order valence-electron chi connectivity index (χ1n) is 7.81. The molecule has 0 bridgehead atoms. The number of fused-ring (bicyclic) bond motifs is 1. The molecule has 2 heterocycles. The highest BCUT2D eigenvalue weighted by Crippen LogP contribution is 2.32. The average Bonchev–Trinajstić information content (AvgIpc) is 3.01. The van der Waals surface area contributed by atoms with Crippen LogP contribution in [-0.4, -0.2) is 35.4 Å². The SMILES string of the molecule is CCNC1COCC1c1nc2ccccc2n1C(C)(C)C. The van der Waals surface area contributed by atoms with Crippen molar-refractivity contribution >= 4 is 11.0 Å². The second kappa shape index (κ2) is 5.43. The molecule has 2 aromatic rings.